The van der Waals surface area contributed by atoms with E-state index in [0.717, 1.165) is 5.69 Å². The number of hydrogen-bond acceptors (Lipinski definition) is 2. The van der Waals surface area contributed by atoms with Gasteiger partial charge in [-0.15, -0.1) is 0 Å². The topological polar surface area (TPSA) is 42.2 Å². The van der Waals surface area contributed by atoms with Crippen LogP contribution in [-0.2, 0) is 0 Å². The zero-order valence-corrected chi connectivity index (χ0v) is 7.42. The number of benzene rings is 1. The molecule has 0 saturated heterocycles. The fourth-order valence-electron chi connectivity index (χ4n) is 1.25. The molecule has 0 unspecified atom stereocenters. The number of phenolic OH excluding ortho intramolecular Hbond substituents is 1. The summed E-state index contributed by atoms with van der Waals surface area (Å²) >= 11 is 0. The fraction of sp³-hybridized carbons (Fsp3) is 0. The summed E-state index contributed by atoms with van der Waals surface area (Å²) in [4.78, 5) is 11.4. The molecule has 3 heteroatoms. The SMILES string of the molecule is O=c1ccccn1-c1ccc(O)cc1. The third-order valence-electron chi connectivity index (χ3n) is 1.95. The first-order valence-corrected chi connectivity index (χ1v) is 4.24. The molecule has 0 aliphatic rings. The van der Waals surface area contributed by atoms with Gasteiger partial charge in [-0.25, -0.2) is 0 Å². The van der Waals surface area contributed by atoms with Crippen LogP contribution in [0, 0.1) is 0 Å². The van der Waals surface area contributed by atoms with E-state index in [0.29, 0.717) is 0 Å². The van der Waals surface area contributed by atoms with E-state index < -0.39 is 0 Å². The predicted octanol–water partition coefficient (Wildman–Crippen LogP) is 1.54. The van der Waals surface area contributed by atoms with Crippen LogP contribution >= 0.6 is 0 Å². The molecule has 1 N–H and O–H groups in total. The highest BCUT2D eigenvalue weighted by Crippen LogP contribution is 2.11. The maximum atomic E-state index is 11.4. The quantitative estimate of drug-likeness (QED) is 0.735. The van der Waals surface area contributed by atoms with E-state index >= 15 is 0 Å². The van der Waals surface area contributed by atoms with Crippen molar-refractivity contribution in [3.05, 3.63) is 59.0 Å². The molecule has 0 aliphatic carbocycles. The van der Waals surface area contributed by atoms with E-state index in [2.05, 4.69) is 0 Å². The van der Waals surface area contributed by atoms with Crippen molar-refractivity contribution in [3.8, 4) is 11.4 Å². The predicted molar refractivity (Wildman–Crippen MR) is 53.7 cm³/mol. The minimum atomic E-state index is -0.0850. The lowest BCUT2D eigenvalue weighted by molar-refractivity contribution is 0.475. The Morgan fingerprint density at radius 2 is 1.71 bits per heavy atom. The molecule has 0 spiro atoms. The lowest BCUT2D eigenvalue weighted by atomic mass is 10.3. The van der Waals surface area contributed by atoms with E-state index in [1.54, 1.807) is 42.6 Å². The number of aromatic nitrogens is 1. The molecule has 0 saturated carbocycles. The summed E-state index contributed by atoms with van der Waals surface area (Å²) in [6.45, 7) is 0. The summed E-state index contributed by atoms with van der Waals surface area (Å²) < 4.78 is 1.51. The van der Waals surface area contributed by atoms with E-state index in [-0.39, 0.29) is 11.3 Å². The minimum absolute atomic E-state index is 0.0850. The zero-order chi connectivity index (χ0) is 9.97. The Morgan fingerprint density at radius 3 is 2.36 bits per heavy atom. The lowest BCUT2D eigenvalue weighted by Crippen LogP contribution is -2.15. The summed E-state index contributed by atoms with van der Waals surface area (Å²) in [5.41, 5.74) is 0.659. The molecule has 14 heavy (non-hydrogen) atoms. The van der Waals surface area contributed by atoms with Crippen molar-refractivity contribution in [1.82, 2.24) is 4.57 Å². The van der Waals surface area contributed by atoms with E-state index in [1.807, 2.05) is 0 Å². The fourth-order valence-corrected chi connectivity index (χ4v) is 1.25. The highest BCUT2D eigenvalue weighted by Gasteiger charge is 1.96. The lowest BCUT2D eigenvalue weighted by Gasteiger charge is -2.03. The molecular weight excluding hydrogens is 178 g/mol. The smallest absolute Gasteiger partial charge is 0.255 e. The van der Waals surface area contributed by atoms with Gasteiger partial charge in [0.2, 0.25) is 0 Å². The third kappa shape index (κ3) is 1.52. The molecule has 1 aromatic carbocycles. The van der Waals surface area contributed by atoms with Crippen molar-refractivity contribution < 1.29 is 5.11 Å². The largest absolute Gasteiger partial charge is 0.508 e. The van der Waals surface area contributed by atoms with Crippen molar-refractivity contribution in [1.29, 1.82) is 0 Å². The second kappa shape index (κ2) is 3.38. The minimum Gasteiger partial charge on any atom is -0.508 e. The Kier molecular flexibility index (Phi) is 2.07. The van der Waals surface area contributed by atoms with Gasteiger partial charge >= 0.3 is 0 Å². The van der Waals surface area contributed by atoms with Gasteiger partial charge in [-0.05, 0) is 30.3 Å². The molecule has 0 amide bonds. The molecule has 0 atom stereocenters. The number of rotatable bonds is 1. The summed E-state index contributed by atoms with van der Waals surface area (Å²) in [6, 6.07) is 11.5. The van der Waals surface area contributed by atoms with Crippen molar-refractivity contribution in [2.24, 2.45) is 0 Å². The summed E-state index contributed by atoms with van der Waals surface area (Å²) in [5, 5.41) is 9.09. The second-order valence-electron chi connectivity index (χ2n) is 2.93. The zero-order valence-electron chi connectivity index (χ0n) is 7.42. The number of aromatic hydroxyl groups is 1. The standard InChI is InChI=1S/C11H9NO2/c13-10-6-4-9(5-7-10)12-8-2-1-3-11(12)14/h1-8,13H. The first-order chi connectivity index (χ1) is 6.77. The van der Waals surface area contributed by atoms with Gasteiger partial charge in [0.25, 0.3) is 5.56 Å². The van der Waals surface area contributed by atoms with Crippen LogP contribution in [0.3, 0.4) is 0 Å². The molecule has 70 valence electrons. The Hall–Kier alpha value is -2.03. The molecular formula is C11H9NO2. The Morgan fingerprint density at radius 1 is 1.00 bits per heavy atom. The van der Waals surface area contributed by atoms with Crippen molar-refractivity contribution in [2.45, 2.75) is 0 Å². The second-order valence-corrected chi connectivity index (χ2v) is 2.93. The molecule has 0 bridgehead atoms. The Balaban J connectivity index is 2.56. The normalized spacial score (nSPS) is 10.0. The van der Waals surface area contributed by atoms with Crippen LogP contribution in [0.5, 0.6) is 5.75 Å². The van der Waals surface area contributed by atoms with Gasteiger partial charge in [-0.1, -0.05) is 6.07 Å². The molecule has 1 heterocycles. The van der Waals surface area contributed by atoms with Crippen LogP contribution in [0.15, 0.2) is 53.5 Å². The molecule has 2 aromatic rings. The van der Waals surface area contributed by atoms with Gasteiger partial charge in [-0.3, -0.25) is 9.36 Å². The maximum Gasteiger partial charge on any atom is 0.255 e. The van der Waals surface area contributed by atoms with Crippen molar-refractivity contribution >= 4 is 0 Å². The Labute approximate surface area is 80.9 Å². The van der Waals surface area contributed by atoms with Gasteiger partial charge in [-0.2, -0.15) is 0 Å². The monoisotopic (exact) mass is 187 g/mol. The van der Waals surface area contributed by atoms with Gasteiger partial charge in [0.15, 0.2) is 0 Å². The molecule has 0 radical (unpaired) electrons. The van der Waals surface area contributed by atoms with Gasteiger partial charge in [0.05, 0.1) is 0 Å². The average molecular weight is 187 g/mol. The summed E-state index contributed by atoms with van der Waals surface area (Å²) in [5.74, 6) is 0.192. The van der Waals surface area contributed by atoms with Crippen LogP contribution in [-0.4, -0.2) is 9.67 Å². The Bertz CT molecular complexity index is 485. The van der Waals surface area contributed by atoms with Crippen LogP contribution in [0.1, 0.15) is 0 Å². The third-order valence-corrected chi connectivity index (χ3v) is 1.95. The van der Waals surface area contributed by atoms with Gasteiger partial charge < -0.3 is 5.11 Å². The van der Waals surface area contributed by atoms with Crippen LogP contribution < -0.4 is 5.56 Å². The van der Waals surface area contributed by atoms with Gasteiger partial charge in [0.1, 0.15) is 5.75 Å². The van der Waals surface area contributed by atoms with Crippen LogP contribution in [0.25, 0.3) is 5.69 Å². The average Bonchev–Trinajstić information content (AvgIpc) is 2.20. The highest BCUT2D eigenvalue weighted by molar-refractivity contribution is 5.36. The number of nitrogens with zero attached hydrogens (tertiary/aromatic N) is 1. The maximum absolute atomic E-state index is 11.4. The summed E-state index contributed by atoms with van der Waals surface area (Å²) in [6.07, 6.45) is 1.69. The number of hydrogen-bond donors (Lipinski definition) is 1. The van der Waals surface area contributed by atoms with E-state index in [4.69, 9.17) is 5.11 Å². The molecule has 2 rings (SSSR count). The van der Waals surface area contributed by atoms with E-state index in [1.165, 1.54) is 10.6 Å². The first-order valence-electron chi connectivity index (χ1n) is 4.24. The van der Waals surface area contributed by atoms with Crippen LogP contribution in [0.2, 0.25) is 0 Å². The van der Waals surface area contributed by atoms with Crippen molar-refractivity contribution in [2.75, 3.05) is 0 Å². The van der Waals surface area contributed by atoms with E-state index in [9.17, 15) is 4.79 Å². The molecule has 3 nitrogen and oxygen atoms in total. The first kappa shape index (κ1) is 8.56. The van der Waals surface area contributed by atoms with Gasteiger partial charge in [0, 0.05) is 18.0 Å². The molecule has 1 aromatic heterocycles. The molecule has 0 fully saturated rings. The van der Waals surface area contributed by atoms with Crippen molar-refractivity contribution in [3.63, 3.8) is 0 Å². The highest BCUT2D eigenvalue weighted by atomic mass is 16.3. The number of phenols is 1. The number of pyridine rings is 1. The molecule has 0 aliphatic heterocycles. The van der Waals surface area contributed by atoms with Crippen LogP contribution in [0.4, 0.5) is 0 Å². The summed E-state index contributed by atoms with van der Waals surface area (Å²) in [7, 11) is 0.